The largest absolute Gasteiger partial charge is 0.481 e. The second-order valence-electron chi connectivity index (χ2n) is 5.22. The summed E-state index contributed by atoms with van der Waals surface area (Å²) in [6.45, 7) is 3.58. The van der Waals surface area contributed by atoms with Crippen molar-refractivity contribution in [3.8, 4) is 0 Å². The fourth-order valence-corrected chi connectivity index (χ4v) is 2.66. The minimum absolute atomic E-state index is 0.332. The Morgan fingerprint density at radius 3 is 2.68 bits per heavy atom. The average molecular weight is 331 g/mol. The van der Waals surface area contributed by atoms with Gasteiger partial charge in [0.05, 0.1) is 11.6 Å². The highest BCUT2D eigenvalue weighted by molar-refractivity contribution is 9.10. The Hall–Kier alpha value is -1.01. The molecule has 1 aliphatic rings. The molecule has 0 spiro atoms. The monoisotopic (exact) mass is 330 g/mol. The molecule has 1 saturated heterocycles. The van der Waals surface area contributed by atoms with Crippen molar-refractivity contribution in [2.24, 2.45) is 5.41 Å². The van der Waals surface area contributed by atoms with E-state index in [2.05, 4.69) is 25.8 Å². The van der Waals surface area contributed by atoms with Crippen LogP contribution in [0, 0.1) is 11.2 Å². The maximum atomic E-state index is 13.7. The summed E-state index contributed by atoms with van der Waals surface area (Å²) in [4.78, 5) is 17.0. The molecule has 2 rings (SSSR count). The molecule has 0 aromatic carbocycles. The van der Waals surface area contributed by atoms with Gasteiger partial charge in [-0.15, -0.1) is 0 Å². The first-order valence-corrected chi connectivity index (χ1v) is 6.95. The predicted molar refractivity (Wildman–Crippen MR) is 72.1 cm³/mol. The molecule has 1 aromatic heterocycles. The zero-order valence-electron chi connectivity index (χ0n) is 10.7. The molecule has 104 valence electrons. The van der Waals surface area contributed by atoms with Gasteiger partial charge in [-0.05, 0) is 48.8 Å². The Morgan fingerprint density at radius 2 is 2.16 bits per heavy atom. The third-order valence-corrected chi connectivity index (χ3v) is 4.49. The number of nitrogens with zero attached hydrogens (tertiary/aromatic N) is 2. The smallest absolute Gasteiger partial charge is 0.309 e. The van der Waals surface area contributed by atoms with Crippen molar-refractivity contribution in [1.82, 2.24) is 9.88 Å². The quantitative estimate of drug-likeness (QED) is 0.925. The van der Waals surface area contributed by atoms with E-state index in [4.69, 9.17) is 5.11 Å². The van der Waals surface area contributed by atoms with E-state index < -0.39 is 11.4 Å². The van der Waals surface area contributed by atoms with Crippen LogP contribution in [0.15, 0.2) is 16.9 Å². The summed E-state index contributed by atoms with van der Waals surface area (Å²) in [5.41, 5.74) is -0.0706. The van der Waals surface area contributed by atoms with Gasteiger partial charge in [0.25, 0.3) is 0 Å². The van der Waals surface area contributed by atoms with Gasteiger partial charge < -0.3 is 5.11 Å². The summed E-state index contributed by atoms with van der Waals surface area (Å²) < 4.78 is 14.3. The summed E-state index contributed by atoms with van der Waals surface area (Å²) in [5, 5.41) is 9.17. The number of hydrogen-bond donors (Lipinski definition) is 1. The molecule has 2 heterocycles. The molecule has 6 heteroatoms. The summed E-state index contributed by atoms with van der Waals surface area (Å²) >= 11 is 3.30. The molecule has 0 aliphatic carbocycles. The Balaban J connectivity index is 2.02. The standard InChI is InChI=1S/C13H16BrFN2O2/c1-13(12(18)19)2-4-17(5-3-13)8-9-10(14)6-16-7-11(9)15/h6-7H,2-5,8H2,1H3,(H,18,19). The molecule has 0 amide bonds. The van der Waals surface area contributed by atoms with Crippen LogP contribution >= 0.6 is 15.9 Å². The van der Waals surface area contributed by atoms with Crippen molar-refractivity contribution < 1.29 is 14.3 Å². The second kappa shape index (κ2) is 5.54. The van der Waals surface area contributed by atoms with E-state index in [1.165, 1.54) is 6.20 Å². The number of carboxylic acid groups (broad SMARTS) is 1. The first-order valence-electron chi connectivity index (χ1n) is 6.16. The minimum atomic E-state index is -0.747. The van der Waals surface area contributed by atoms with E-state index in [0.29, 0.717) is 42.5 Å². The summed E-state index contributed by atoms with van der Waals surface area (Å²) in [7, 11) is 0. The number of rotatable bonds is 3. The minimum Gasteiger partial charge on any atom is -0.481 e. The number of piperidine rings is 1. The summed E-state index contributed by atoms with van der Waals surface area (Å²) in [6.07, 6.45) is 3.95. The van der Waals surface area contributed by atoms with E-state index >= 15 is 0 Å². The summed E-state index contributed by atoms with van der Waals surface area (Å²) in [5.74, 6) is -1.08. The van der Waals surface area contributed by atoms with Gasteiger partial charge in [0.1, 0.15) is 5.82 Å². The van der Waals surface area contributed by atoms with Crippen molar-refractivity contribution in [1.29, 1.82) is 0 Å². The van der Waals surface area contributed by atoms with Crippen LogP contribution in [0.2, 0.25) is 0 Å². The number of pyridine rings is 1. The number of carbonyl (C=O) groups is 1. The first kappa shape index (κ1) is 14.4. The molecule has 1 N–H and O–H groups in total. The highest BCUT2D eigenvalue weighted by Gasteiger charge is 2.36. The van der Waals surface area contributed by atoms with Crippen LogP contribution in [0.3, 0.4) is 0 Å². The van der Waals surface area contributed by atoms with Gasteiger partial charge in [0.15, 0.2) is 0 Å². The van der Waals surface area contributed by atoms with E-state index in [-0.39, 0.29) is 5.82 Å². The van der Waals surface area contributed by atoms with Gasteiger partial charge >= 0.3 is 5.97 Å². The molecule has 19 heavy (non-hydrogen) atoms. The normalized spacial score (nSPS) is 19.3. The molecular formula is C13H16BrFN2O2. The van der Waals surface area contributed by atoms with E-state index in [1.807, 2.05) is 0 Å². The van der Waals surface area contributed by atoms with Crippen molar-refractivity contribution in [2.45, 2.75) is 26.3 Å². The molecule has 1 fully saturated rings. The Morgan fingerprint density at radius 1 is 1.53 bits per heavy atom. The van der Waals surface area contributed by atoms with Gasteiger partial charge in [-0.1, -0.05) is 0 Å². The van der Waals surface area contributed by atoms with Crippen LogP contribution in [0.4, 0.5) is 4.39 Å². The molecule has 4 nitrogen and oxygen atoms in total. The zero-order valence-corrected chi connectivity index (χ0v) is 12.3. The highest BCUT2D eigenvalue weighted by Crippen LogP contribution is 2.32. The Kier molecular flexibility index (Phi) is 4.20. The number of likely N-dealkylation sites (tertiary alicyclic amines) is 1. The molecule has 0 bridgehead atoms. The van der Waals surface area contributed by atoms with Crippen LogP contribution in [0.1, 0.15) is 25.3 Å². The molecular weight excluding hydrogens is 315 g/mol. The van der Waals surface area contributed by atoms with Gasteiger partial charge in [0.2, 0.25) is 0 Å². The van der Waals surface area contributed by atoms with Gasteiger partial charge in [-0.2, -0.15) is 0 Å². The Labute approximate surface area is 119 Å². The second-order valence-corrected chi connectivity index (χ2v) is 6.08. The number of hydrogen-bond acceptors (Lipinski definition) is 3. The fraction of sp³-hybridized carbons (Fsp3) is 0.538. The lowest BCUT2D eigenvalue weighted by molar-refractivity contribution is -0.150. The van der Waals surface area contributed by atoms with Crippen LogP contribution in [-0.4, -0.2) is 34.0 Å². The highest BCUT2D eigenvalue weighted by atomic mass is 79.9. The topological polar surface area (TPSA) is 53.4 Å². The van der Waals surface area contributed by atoms with Gasteiger partial charge in [-0.25, -0.2) is 4.39 Å². The lowest BCUT2D eigenvalue weighted by Gasteiger charge is -2.36. The molecule has 0 radical (unpaired) electrons. The number of aliphatic carboxylic acids is 1. The molecule has 0 saturated carbocycles. The van der Waals surface area contributed by atoms with E-state index in [1.54, 1.807) is 13.1 Å². The van der Waals surface area contributed by atoms with Crippen molar-refractivity contribution in [3.05, 3.63) is 28.2 Å². The number of aromatic nitrogens is 1. The van der Waals surface area contributed by atoms with Gasteiger partial charge in [0, 0.05) is 22.8 Å². The molecule has 0 atom stereocenters. The zero-order chi connectivity index (χ0) is 14.0. The van der Waals surface area contributed by atoms with Crippen LogP contribution in [-0.2, 0) is 11.3 Å². The van der Waals surface area contributed by atoms with Gasteiger partial charge in [-0.3, -0.25) is 14.7 Å². The van der Waals surface area contributed by atoms with Crippen LogP contribution < -0.4 is 0 Å². The molecule has 0 unspecified atom stereocenters. The van der Waals surface area contributed by atoms with Crippen molar-refractivity contribution in [3.63, 3.8) is 0 Å². The van der Waals surface area contributed by atoms with Crippen LogP contribution in [0.25, 0.3) is 0 Å². The Bertz CT molecular complexity index is 467. The fourth-order valence-electron chi connectivity index (χ4n) is 2.23. The third-order valence-electron chi connectivity index (χ3n) is 3.81. The molecule has 1 aromatic rings. The average Bonchev–Trinajstić information content (AvgIpc) is 2.36. The van der Waals surface area contributed by atoms with Crippen molar-refractivity contribution in [2.75, 3.05) is 13.1 Å². The SMILES string of the molecule is CC1(C(=O)O)CCN(Cc2c(F)cncc2Br)CC1. The molecule has 1 aliphatic heterocycles. The maximum Gasteiger partial charge on any atom is 0.309 e. The van der Waals surface area contributed by atoms with Crippen molar-refractivity contribution >= 4 is 21.9 Å². The summed E-state index contributed by atoms with van der Waals surface area (Å²) in [6, 6.07) is 0. The van der Waals surface area contributed by atoms with E-state index in [9.17, 15) is 9.18 Å². The van der Waals surface area contributed by atoms with Crippen LogP contribution in [0.5, 0.6) is 0 Å². The number of carboxylic acids is 1. The lowest BCUT2D eigenvalue weighted by atomic mass is 9.80. The lowest BCUT2D eigenvalue weighted by Crippen LogP contribution is -2.42. The van der Waals surface area contributed by atoms with E-state index in [0.717, 1.165) is 0 Å². The third kappa shape index (κ3) is 3.12. The predicted octanol–water partition coefficient (Wildman–Crippen LogP) is 2.67. The first-order chi connectivity index (χ1) is 8.92. The number of halogens is 2. The maximum absolute atomic E-state index is 13.7.